The first-order valence-corrected chi connectivity index (χ1v) is 6.03. The number of carboxylic acids is 1. The van der Waals surface area contributed by atoms with Crippen molar-refractivity contribution in [2.45, 2.75) is 39.7 Å². The van der Waals surface area contributed by atoms with Crippen molar-refractivity contribution < 1.29 is 14.6 Å². The highest BCUT2D eigenvalue weighted by Crippen LogP contribution is 2.31. The smallest absolute Gasteiger partial charge is 0.320 e. The monoisotopic (exact) mass is 229 g/mol. The van der Waals surface area contributed by atoms with Crippen LogP contribution in [0.25, 0.3) is 0 Å². The van der Waals surface area contributed by atoms with Crippen molar-refractivity contribution in [3.63, 3.8) is 0 Å². The van der Waals surface area contributed by atoms with E-state index in [1.54, 1.807) is 6.92 Å². The lowest BCUT2D eigenvalue weighted by molar-refractivity contribution is -0.143. The Morgan fingerprint density at radius 1 is 1.50 bits per heavy atom. The molecule has 0 radical (unpaired) electrons. The molecule has 0 spiro atoms. The van der Waals surface area contributed by atoms with Gasteiger partial charge in [-0.25, -0.2) is 0 Å². The van der Waals surface area contributed by atoms with Crippen LogP contribution < -0.4 is 0 Å². The van der Waals surface area contributed by atoms with Crippen molar-refractivity contribution in [3.05, 3.63) is 0 Å². The van der Waals surface area contributed by atoms with Gasteiger partial charge in [0.15, 0.2) is 0 Å². The van der Waals surface area contributed by atoms with E-state index in [1.807, 2.05) is 11.8 Å². The van der Waals surface area contributed by atoms with Crippen LogP contribution in [0, 0.1) is 5.41 Å². The molecule has 0 amide bonds. The number of rotatable bonds is 5. The van der Waals surface area contributed by atoms with Crippen LogP contribution in [0.2, 0.25) is 0 Å². The molecule has 4 nitrogen and oxygen atoms in total. The number of likely N-dealkylation sites (tertiary alicyclic amines) is 1. The highest BCUT2D eigenvalue weighted by atomic mass is 16.5. The van der Waals surface area contributed by atoms with E-state index in [0.29, 0.717) is 0 Å². The second-order valence-electron chi connectivity index (χ2n) is 5.00. The third-order valence-electron chi connectivity index (χ3n) is 3.56. The molecule has 0 aliphatic carbocycles. The second-order valence-corrected chi connectivity index (χ2v) is 5.00. The number of ether oxygens (including phenoxy) is 1. The van der Waals surface area contributed by atoms with E-state index >= 15 is 0 Å². The zero-order valence-electron chi connectivity index (χ0n) is 10.5. The van der Waals surface area contributed by atoms with Gasteiger partial charge in [0.05, 0.1) is 6.61 Å². The van der Waals surface area contributed by atoms with Gasteiger partial charge in [-0.05, 0) is 45.2 Å². The Morgan fingerprint density at radius 3 is 2.50 bits per heavy atom. The zero-order chi connectivity index (χ0) is 12.2. The fourth-order valence-electron chi connectivity index (χ4n) is 2.10. The predicted octanol–water partition coefficient (Wildman–Crippen LogP) is 1.60. The van der Waals surface area contributed by atoms with E-state index in [1.165, 1.54) is 0 Å². The molecule has 1 fully saturated rings. The number of carboxylic acid groups (broad SMARTS) is 1. The Morgan fingerprint density at radius 2 is 2.06 bits per heavy atom. The number of piperidine rings is 1. The highest BCUT2D eigenvalue weighted by Gasteiger charge is 2.33. The van der Waals surface area contributed by atoms with Crippen molar-refractivity contribution in [2.24, 2.45) is 5.41 Å². The zero-order valence-corrected chi connectivity index (χ0v) is 10.5. The first-order valence-electron chi connectivity index (χ1n) is 6.03. The van der Waals surface area contributed by atoms with Crippen molar-refractivity contribution in [1.82, 2.24) is 4.90 Å². The highest BCUT2D eigenvalue weighted by molar-refractivity contribution is 5.72. The third-order valence-corrected chi connectivity index (χ3v) is 3.56. The van der Waals surface area contributed by atoms with Crippen LogP contribution in [0.4, 0.5) is 0 Å². The summed E-state index contributed by atoms with van der Waals surface area (Å²) in [6.45, 7) is 9.25. The average molecular weight is 229 g/mol. The maximum atomic E-state index is 10.9. The van der Waals surface area contributed by atoms with Crippen LogP contribution in [-0.2, 0) is 9.53 Å². The predicted molar refractivity (Wildman–Crippen MR) is 62.5 cm³/mol. The summed E-state index contributed by atoms with van der Waals surface area (Å²) in [5.41, 5.74) is 0.227. The maximum Gasteiger partial charge on any atom is 0.320 e. The summed E-state index contributed by atoms with van der Waals surface area (Å²) in [4.78, 5) is 12.9. The Labute approximate surface area is 97.6 Å². The van der Waals surface area contributed by atoms with Crippen LogP contribution >= 0.6 is 0 Å². The lowest BCUT2D eigenvalue weighted by Crippen LogP contribution is -2.47. The third kappa shape index (κ3) is 3.46. The van der Waals surface area contributed by atoms with E-state index in [0.717, 1.165) is 39.1 Å². The van der Waals surface area contributed by atoms with Crippen LogP contribution in [0.5, 0.6) is 0 Å². The number of nitrogens with zero attached hydrogens (tertiary/aromatic N) is 1. The molecular weight excluding hydrogens is 206 g/mol. The standard InChI is InChI=1S/C12H23NO3/c1-4-16-9-12(3)5-7-13(8-6-12)10(2)11(14)15/h10H,4-9H2,1-3H3,(H,14,15)/t10-/m1/s1. The summed E-state index contributed by atoms with van der Waals surface area (Å²) in [5, 5.41) is 8.94. The molecule has 4 heteroatoms. The fraction of sp³-hybridized carbons (Fsp3) is 0.917. The van der Waals surface area contributed by atoms with E-state index in [9.17, 15) is 4.79 Å². The summed E-state index contributed by atoms with van der Waals surface area (Å²) in [6, 6.07) is -0.364. The molecule has 0 aromatic heterocycles. The molecule has 1 saturated heterocycles. The van der Waals surface area contributed by atoms with Gasteiger partial charge in [0.1, 0.15) is 6.04 Å². The number of aliphatic carboxylic acids is 1. The molecule has 0 bridgehead atoms. The molecule has 1 rings (SSSR count). The first kappa shape index (κ1) is 13.5. The molecule has 1 N–H and O–H groups in total. The molecule has 1 heterocycles. The van der Waals surface area contributed by atoms with Crippen LogP contribution in [-0.4, -0.2) is 48.3 Å². The van der Waals surface area contributed by atoms with E-state index in [4.69, 9.17) is 9.84 Å². The minimum absolute atomic E-state index is 0.227. The van der Waals surface area contributed by atoms with Gasteiger partial charge in [-0.3, -0.25) is 9.69 Å². The Balaban J connectivity index is 2.41. The van der Waals surface area contributed by atoms with Gasteiger partial charge >= 0.3 is 5.97 Å². The number of hydrogen-bond acceptors (Lipinski definition) is 3. The van der Waals surface area contributed by atoms with Crippen LogP contribution in [0.3, 0.4) is 0 Å². The normalized spacial score (nSPS) is 22.9. The molecule has 94 valence electrons. The van der Waals surface area contributed by atoms with Crippen molar-refractivity contribution in [2.75, 3.05) is 26.3 Å². The number of hydrogen-bond donors (Lipinski definition) is 1. The molecule has 16 heavy (non-hydrogen) atoms. The van der Waals surface area contributed by atoms with Gasteiger partial charge in [-0.2, -0.15) is 0 Å². The van der Waals surface area contributed by atoms with Gasteiger partial charge in [-0.15, -0.1) is 0 Å². The summed E-state index contributed by atoms with van der Waals surface area (Å²) in [6.07, 6.45) is 2.04. The summed E-state index contributed by atoms with van der Waals surface area (Å²) < 4.78 is 5.48. The summed E-state index contributed by atoms with van der Waals surface area (Å²) in [5.74, 6) is -0.728. The Bertz CT molecular complexity index is 234. The summed E-state index contributed by atoms with van der Waals surface area (Å²) in [7, 11) is 0. The van der Waals surface area contributed by atoms with Gasteiger partial charge < -0.3 is 9.84 Å². The van der Waals surface area contributed by atoms with Gasteiger partial charge in [0.25, 0.3) is 0 Å². The first-order chi connectivity index (χ1) is 7.48. The van der Waals surface area contributed by atoms with Crippen molar-refractivity contribution >= 4 is 5.97 Å². The van der Waals surface area contributed by atoms with E-state index in [2.05, 4.69) is 6.92 Å². The molecule has 1 atom stereocenters. The van der Waals surface area contributed by atoms with Crippen molar-refractivity contribution in [1.29, 1.82) is 0 Å². The number of carbonyl (C=O) groups is 1. The molecular formula is C12H23NO3. The molecule has 0 saturated carbocycles. The van der Waals surface area contributed by atoms with E-state index < -0.39 is 5.97 Å². The molecule has 0 unspecified atom stereocenters. The molecule has 1 aliphatic heterocycles. The SMILES string of the molecule is CCOCC1(C)CCN([C@H](C)C(=O)O)CC1. The molecule has 0 aromatic rings. The summed E-state index contributed by atoms with van der Waals surface area (Å²) >= 11 is 0. The minimum Gasteiger partial charge on any atom is -0.480 e. The van der Waals surface area contributed by atoms with Gasteiger partial charge in [0.2, 0.25) is 0 Å². The van der Waals surface area contributed by atoms with Crippen LogP contribution in [0.15, 0.2) is 0 Å². The Hall–Kier alpha value is -0.610. The lowest BCUT2D eigenvalue weighted by Gasteiger charge is -2.40. The minimum atomic E-state index is -0.728. The molecule has 0 aromatic carbocycles. The topological polar surface area (TPSA) is 49.8 Å². The van der Waals surface area contributed by atoms with Crippen molar-refractivity contribution in [3.8, 4) is 0 Å². The second kappa shape index (κ2) is 5.64. The average Bonchev–Trinajstić information content (AvgIpc) is 2.26. The van der Waals surface area contributed by atoms with Gasteiger partial charge in [-0.1, -0.05) is 6.92 Å². The quantitative estimate of drug-likeness (QED) is 0.778. The Kier molecular flexibility index (Phi) is 4.74. The lowest BCUT2D eigenvalue weighted by atomic mass is 9.81. The van der Waals surface area contributed by atoms with Gasteiger partial charge in [0, 0.05) is 6.61 Å². The maximum absolute atomic E-state index is 10.9. The largest absolute Gasteiger partial charge is 0.480 e. The van der Waals surface area contributed by atoms with Crippen LogP contribution in [0.1, 0.15) is 33.6 Å². The molecule has 1 aliphatic rings. The fourth-order valence-corrected chi connectivity index (χ4v) is 2.10. The van der Waals surface area contributed by atoms with E-state index in [-0.39, 0.29) is 11.5 Å².